The first-order valence-electron chi connectivity index (χ1n) is 7.72. The molecule has 0 amide bonds. The minimum atomic E-state index is -3.40. The second-order valence-corrected chi connectivity index (χ2v) is 14.7. The van der Waals surface area contributed by atoms with Crippen molar-refractivity contribution < 1.29 is 12.8 Å². The fourth-order valence-corrected chi connectivity index (χ4v) is 4.65. The molecule has 0 aliphatic rings. The number of benzene rings is 2. The van der Waals surface area contributed by atoms with Crippen molar-refractivity contribution >= 4 is 17.9 Å². The van der Waals surface area contributed by atoms with Gasteiger partial charge in [0, 0.05) is 8.07 Å². The van der Waals surface area contributed by atoms with E-state index < -0.39 is 17.9 Å². The van der Waals surface area contributed by atoms with E-state index in [1.54, 1.807) is 12.1 Å². The number of hydrogen-bond donors (Lipinski definition) is 0. The summed E-state index contributed by atoms with van der Waals surface area (Å²) < 4.78 is 37.8. The molecular weight excluding hydrogens is 327 g/mol. The first-order chi connectivity index (χ1) is 10.7. The maximum absolute atomic E-state index is 12.9. The summed E-state index contributed by atoms with van der Waals surface area (Å²) in [6, 6.07) is 13.9. The summed E-state index contributed by atoms with van der Waals surface area (Å²) in [5.41, 5.74) is 1.77. The molecule has 0 radical (unpaired) electrons. The van der Waals surface area contributed by atoms with E-state index in [9.17, 15) is 12.8 Å². The van der Waals surface area contributed by atoms with E-state index in [1.807, 2.05) is 12.1 Å². The van der Waals surface area contributed by atoms with Crippen molar-refractivity contribution in [3.63, 3.8) is 0 Å². The van der Waals surface area contributed by atoms with Gasteiger partial charge in [-0.3, -0.25) is 0 Å². The van der Waals surface area contributed by atoms with Crippen LogP contribution in [0.3, 0.4) is 0 Å². The van der Waals surface area contributed by atoms with Gasteiger partial charge in [-0.15, -0.1) is 0 Å². The van der Waals surface area contributed by atoms with Crippen LogP contribution in [0.15, 0.2) is 53.4 Å². The Morgan fingerprint density at radius 3 is 1.91 bits per heavy atom. The topological polar surface area (TPSA) is 34.1 Å². The molecule has 2 nitrogen and oxygen atoms in total. The summed E-state index contributed by atoms with van der Waals surface area (Å²) in [5, 5.41) is 0. The number of halogens is 1. The third-order valence-corrected chi connectivity index (χ3v) is 7.17. The SMILES string of the molecule is C[Si](C)(C)CCc1ccc(S(=O)(=O)Cc2ccc(F)cc2)cc1. The van der Waals surface area contributed by atoms with E-state index in [0.29, 0.717) is 10.5 Å². The standard InChI is InChI=1S/C18H23FO2SSi/c1-23(2,3)13-12-15-6-10-18(11-7-15)22(20,21)14-16-4-8-17(19)9-5-16/h4-11H,12-14H2,1-3H3. The summed E-state index contributed by atoms with van der Waals surface area (Å²) in [5.74, 6) is -0.473. The molecule has 0 fully saturated rings. The van der Waals surface area contributed by atoms with Crippen LogP contribution in [-0.4, -0.2) is 16.5 Å². The van der Waals surface area contributed by atoms with Crippen LogP contribution in [0.4, 0.5) is 4.39 Å². The molecule has 5 heteroatoms. The minimum absolute atomic E-state index is 0.110. The highest BCUT2D eigenvalue weighted by molar-refractivity contribution is 7.90. The minimum Gasteiger partial charge on any atom is -0.223 e. The van der Waals surface area contributed by atoms with E-state index in [0.717, 1.165) is 6.42 Å². The van der Waals surface area contributed by atoms with Crippen molar-refractivity contribution in [1.82, 2.24) is 0 Å². The van der Waals surface area contributed by atoms with Gasteiger partial charge in [-0.05, 0) is 41.8 Å². The Morgan fingerprint density at radius 2 is 1.39 bits per heavy atom. The quantitative estimate of drug-likeness (QED) is 0.709. The zero-order valence-corrected chi connectivity index (χ0v) is 15.7. The molecule has 23 heavy (non-hydrogen) atoms. The van der Waals surface area contributed by atoms with Crippen molar-refractivity contribution in [2.45, 2.75) is 42.8 Å². The molecule has 0 saturated carbocycles. The lowest BCUT2D eigenvalue weighted by Crippen LogP contribution is -2.19. The number of sulfone groups is 1. The lowest BCUT2D eigenvalue weighted by molar-refractivity contribution is 0.594. The van der Waals surface area contributed by atoms with Crippen LogP contribution < -0.4 is 0 Å². The average molecular weight is 351 g/mol. The maximum atomic E-state index is 12.9. The van der Waals surface area contributed by atoms with Crippen molar-refractivity contribution in [3.8, 4) is 0 Å². The molecule has 0 atom stereocenters. The van der Waals surface area contributed by atoms with Crippen molar-refractivity contribution in [2.24, 2.45) is 0 Å². The van der Waals surface area contributed by atoms with Gasteiger partial charge >= 0.3 is 0 Å². The Morgan fingerprint density at radius 1 is 0.870 bits per heavy atom. The highest BCUT2D eigenvalue weighted by Crippen LogP contribution is 2.19. The van der Waals surface area contributed by atoms with Crippen LogP contribution >= 0.6 is 0 Å². The van der Waals surface area contributed by atoms with Crippen LogP contribution in [0, 0.1) is 5.82 Å². The molecule has 2 aromatic carbocycles. The average Bonchev–Trinajstić information content (AvgIpc) is 2.47. The second kappa shape index (κ2) is 6.97. The molecule has 0 heterocycles. The van der Waals surface area contributed by atoms with Crippen molar-refractivity contribution in [3.05, 3.63) is 65.5 Å². The van der Waals surface area contributed by atoms with Gasteiger partial charge in [0.2, 0.25) is 0 Å². The Hall–Kier alpha value is -1.46. The number of rotatable bonds is 6. The molecule has 0 bridgehead atoms. The Labute approximate surface area is 139 Å². The molecule has 0 unspecified atom stereocenters. The summed E-state index contributed by atoms with van der Waals surface area (Å²) in [7, 11) is -4.49. The highest BCUT2D eigenvalue weighted by atomic mass is 32.2. The third kappa shape index (κ3) is 5.59. The van der Waals surface area contributed by atoms with Gasteiger partial charge < -0.3 is 0 Å². The molecule has 2 rings (SSSR count). The molecule has 0 N–H and O–H groups in total. The van der Waals surface area contributed by atoms with Gasteiger partial charge in [-0.1, -0.05) is 50.0 Å². The molecule has 0 aliphatic carbocycles. The second-order valence-electron chi connectivity index (χ2n) is 7.09. The van der Waals surface area contributed by atoms with E-state index in [-0.39, 0.29) is 11.6 Å². The molecule has 0 aromatic heterocycles. The smallest absolute Gasteiger partial charge is 0.182 e. The van der Waals surface area contributed by atoms with Crippen LogP contribution in [-0.2, 0) is 22.0 Å². The first kappa shape index (κ1) is 17.9. The molecule has 124 valence electrons. The van der Waals surface area contributed by atoms with Gasteiger partial charge in [0.1, 0.15) is 5.82 Å². The van der Waals surface area contributed by atoms with Crippen LogP contribution in [0.1, 0.15) is 11.1 Å². The fraction of sp³-hybridized carbons (Fsp3) is 0.333. The third-order valence-electron chi connectivity index (χ3n) is 3.72. The van der Waals surface area contributed by atoms with Crippen molar-refractivity contribution in [1.29, 1.82) is 0 Å². The number of aryl methyl sites for hydroxylation is 1. The zero-order chi connectivity index (χ0) is 17.1. The zero-order valence-electron chi connectivity index (χ0n) is 13.8. The van der Waals surface area contributed by atoms with Gasteiger partial charge in [-0.2, -0.15) is 0 Å². The van der Waals surface area contributed by atoms with E-state index in [4.69, 9.17) is 0 Å². The van der Waals surface area contributed by atoms with Crippen LogP contribution in [0.5, 0.6) is 0 Å². The van der Waals surface area contributed by atoms with Gasteiger partial charge in [-0.25, -0.2) is 12.8 Å². The van der Waals surface area contributed by atoms with E-state index >= 15 is 0 Å². The predicted octanol–water partition coefficient (Wildman–Crippen LogP) is 4.68. The maximum Gasteiger partial charge on any atom is 0.182 e. The summed E-state index contributed by atoms with van der Waals surface area (Å²) in [4.78, 5) is 0.318. The Bertz CT molecular complexity index is 745. The lowest BCUT2D eigenvalue weighted by Gasteiger charge is -2.15. The highest BCUT2D eigenvalue weighted by Gasteiger charge is 2.16. The lowest BCUT2D eigenvalue weighted by atomic mass is 10.2. The van der Waals surface area contributed by atoms with Crippen molar-refractivity contribution in [2.75, 3.05) is 0 Å². The van der Waals surface area contributed by atoms with Gasteiger partial charge in [0.25, 0.3) is 0 Å². The van der Waals surface area contributed by atoms with Gasteiger partial charge in [0.15, 0.2) is 9.84 Å². The number of hydrogen-bond acceptors (Lipinski definition) is 2. The normalized spacial score (nSPS) is 12.3. The summed E-state index contributed by atoms with van der Waals surface area (Å²) >= 11 is 0. The molecular formula is C18H23FO2SSi. The predicted molar refractivity (Wildman–Crippen MR) is 95.6 cm³/mol. The fourth-order valence-electron chi connectivity index (χ4n) is 2.27. The van der Waals surface area contributed by atoms with Crippen LogP contribution in [0.2, 0.25) is 25.7 Å². The largest absolute Gasteiger partial charge is 0.223 e. The molecule has 2 aromatic rings. The summed E-state index contributed by atoms with van der Waals surface area (Å²) in [6.07, 6.45) is 0.994. The van der Waals surface area contributed by atoms with Gasteiger partial charge in [0.05, 0.1) is 10.6 Å². The monoisotopic (exact) mass is 350 g/mol. The van der Waals surface area contributed by atoms with E-state index in [1.165, 1.54) is 35.9 Å². The Balaban J connectivity index is 2.09. The molecule has 0 saturated heterocycles. The Kier molecular flexibility index (Phi) is 5.42. The molecule has 0 spiro atoms. The summed E-state index contributed by atoms with van der Waals surface area (Å²) in [6.45, 7) is 6.98. The van der Waals surface area contributed by atoms with E-state index in [2.05, 4.69) is 19.6 Å². The molecule has 0 aliphatic heterocycles. The first-order valence-corrected chi connectivity index (χ1v) is 13.1. The van der Waals surface area contributed by atoms with Crippen LogP contribution in [0.25, 0.3) is 0 Å².